The highest BCUT2D eigenvalue weighted by atomic mass is 16.5. The Labute approximate surface area is 177 Å². The molecule has 5 nitrogen and oxygen atoms in total. The molecule has 0 aromatic heterocycles. The second-order valence-electron chi connectivity index (χ2n) is 8.11. The van der Waals surface area contributed by atoms with E-state index in [1.54, 1.807) is 12.1 Å². The number of piperidine rings is 1. The lowest BCUT2D eigenvalue weighted by Gasteiger charge is -2.45. The van der Waals surface area contributed by atoms with Gasteiger partial charge in [0, 0.05) is 37.2 Å². The van der Waals surface area contributed by atoms with Gasteiger partial charge in [-0.15, -0.1) is 0 Å². The lowest BCUT2D eigenvalue weighted by atomic mass is 9.84. The number of amides is 2. The number of hydrogen-bond donors (Lipinski definition) is 0. The summed E-state index contributed by atoms with van der Waals surface area (Å²) in [6.07, 6.45) is 4.81. The van der Waals surface area contributed by atoms with Crippen molar-refractivity contribution in [2.75, 3.05) is 19.7 Å². The minimum Gasteiger partial charge on any atom is -0.490 e. The van der Waals surface area contributed by atoms with Crippen LogP contribution in [0.3, 0.4) is 0 Å². The minimum absolute atomic E-state index is 0.0211. The molecule has 2 heterocycles. The molecule has 2 aliphatic rings. The normalized spacial score (nSPS) is 17.9. The molecule has 2 saturated heterocycles. The smallest absolute Gasteiger partial charge is 0.253 e. The van der Waals surface area contributed by atoms with E-state index in [2.05, 4.69) is 23.6 Å². The summed E-state index contributed by atoms with van der Waals surface area (Å²) < 4.78 is 5.56. The number of nitrogens with zero attached hydrogens (tertiary/aromatic N) is 2. The zero-order valence-electron chi connectivity index (χ0n) is 17.3. The molecule has 0 atom stereocenters. The van der Waals surface area contributed by atoms with Crippen LogP contribution in [0, 0.1) is 0 Å². The van der Waals surface area contributed by atoms with Crippen LogP contribution in [0.25, 0.3) is 0 Å². The predicted octanol–water partition coefficient (Wildman–Crippen LogP) is 4.05. The van der Waals surface area contributed by atoms with Gasteiger partial charge in [-0.3, -0.25) is 9.59 Å². The zero-order chi connectivity index (χ0) is 21.0. The Bertz CT molecular complexity index is 917. The van der Waals surface area contributed by atoms with E-state index >= 15 is 0 Å². The van der Waals surface area contributed by atoms with Crippen LogP contribution in [0.5, 0.6) is 5.75 Å². The lowest BCUT2D eigenvalue weighted by Crippen LogP contribution is -2.53. The molecule has 0 radical (unpaired) electrons. The quantitative estimate of drug-likeness (QED) is 0.683. The molecule has 2 aliphatic heterocycles. The Balaban J connectivity index is 1.43. The highest BCUT2D eigenvalue weighted by Crippen LogP contribution is 2.40. The van der Waals surface area contributed by atoms with Crippen molar-refractivity contribution in [1.29, 1.82) is 0 Å². The molecule has 0 bridgehead atoms. The van der Waals surface area contributed by atoms with Gasteiger partial charge in [0.1, 0.15) is 12.4 Å². The highest BCUT2D eigenvalue weighted by molar-refractivity contribution is 5.94. The van der Waals surface area contributed by atoms with Crippen LogP contribution in [0.1, 0.15) is 41.6 Å². The fourth-order valence-corrected chi connectivity index (χ4v) is 4.60. The topological polar surface area (TPSA) is 49.9 Å². The SMILES string of the molecule is C=CCOc1cccc(C(=O)N2CCC3(CCC(=O)N3Cc3ccccc3)CC2)c1. The summed E-state index contributed by atoms with van der Waals surface area (Å²) in [4.78, 5) is 29.6. The highest BCUT2D eigenvalue weighted by Gasteiger charge is 2.47. The van der Waals surface area contributed by atoms with Gasteiger partial charge in [0.15, 0.2) is 0 Å². The second kappa shape index (κ2) is 8.74. The van der Waals surface area contributed by atoms with Gasteiger partial charge >= 0.3 is 0 Å². The number of carbonyl (C=O) groups excluding carboxylic acids is 2. The third-order valence-electron chi connectivity index (χ3n) is 6.29. The molecule has 2 fully saturated rings. The zero-order valence-corrected chi connectivity index (χ0v) is 17.3. The first-order valence-corrected chi connectivity index (χ1v) is 10.6. The van der Waals surface area contributed by atoms with Crippen LogP contribution in [-0.2, 0) is 11.3 Å². The molecule has 1 spiro atoms. The van der Waals surface area contributed by atoms with Crippen molar-refractivity contribution < 1.29 is 14.3 Å². The number of hydrogen-bond acceptors (Lipinski definition) is 3. The van der Waals surface area contributed by atoms with E-state index in [1.165, 1.54) is 0 Å². The lowest BCUT2D eigenvalue weighted by molar-refractivity contribution is -0.133. The van der Waals surface area contributed by atoms with Gasteiger partial charge in [-0.25, -0.2) is 0 Å². The molecular weight excluding hydrogens is 376 g/mol. The summed E-state index contributed by atoms with van der Waals surface area (Å²) >= 11 is 0. The Kier molecular flexibility index (Phi) is 5.88. The maximum absolute atomic E-state index is 13.0. The fraction of sp³-hybridized carbons (Fsp3) is 0.360. The first-order valence-electron chi connectivity index (χ1n) is 10.6. The molecule has 0 aliphatic carbocycles. The molecule has 0 unspecified atom stereocenters. The van der Waals surface area contributed by atoms with Crippen LogP contribution in [-0.4, -0.2) is 46.8 Å². The summed E-state index contributed by atoms with van der Waals surface area (Å²) in [5.41, 5.74) is 1.66. The van der Waals surface area contributed by atoms with Gasteiger partial charge < -0.3 is 14.5 Å². The van der Waals surface area contributed by atoms with E-state index in [4.69, 9.17) is 4.74 Å². The molecular formula is C25H28N2O3. The van der Waals surface area contributed by atoms with E-state index in [-0.39, 0.29) is 17.4 Å². The average Bonchev–Trinajstić information content (AvgIpc) is 3.08. The minimum atomic E-state index is -0.126. The molecule has 2 amide bonds. The Hall–Kier alpha value is -3.08. The predicted molar refractivity (Wildman–Crippen MR) is 116 cm³/mol. The van der Waals surface area contributed by atoms with Crippen LogP contribution in [0.4, 0.5) is 0 Å². The van der Waals surface area contributed by atoms with Gasteiger partial charge in [0.25, 0.3) is 5.91 Å². The van der Waals surface area contributed by atoms with Crippen LogP contribution >= 0.6 is 0 Å². The van der Waals surface area contributed by atoms with E-state index in [9.17, 15) is 9.59 Å². The molecule has 2 aromatic rings. The first kappa shape index (κ1) is 20.2. The Morgan fingerprint density at radius 3 is 2.57 bits per heavy atom. The molecule has 4 rings (SSSR count). The Morgan fingerprint density at radius 2 is 1.83 bits per heavy atom. The van der Waals surface area contributed by atoms with Crippen molar-refractivity contribution in [3.8, 4) is 5.75 Å². The second-order valence-corrected chi connectivity index (χ2v) is 8.11. The van der Waals surface area contributed by atoms with Gasteiger partial charge in [-0.2, -0.15) is 0 Å². The molecule has 0 saturated carbocycles. The van der Waals surface area contributed by atoms with Gasteiger partial charge in [-0.1, -0.05) is 49.1 Å². The van der Waals surface area contributed by atoms with Gasteiger partial charge in [-0.05, 0) is 43.0 Å². The summed E-state index contributed by atoms with van der Waals surface area (Å²) in [6, 6.07) is 17.5. The molecule has 0 N–H and O–H groups in total. The first-order chi connectivity index (χ1) is 14.6. The number of rotatable bonds is 6. The van der Waals surface area contributed by atoms with Crippen molar-refractivity contribution in [2.24, 2.45) is 0 Å². The molecule has 5 heteroatoms. The third kappa shape index (κ3) is 4.11. The summed E-state index contributed by atoms with van der Waals surface area (Å²) in [5.74, 6) is 0.920. The van der Waals surface area contributed by atoms with Gasteiger partial charge in [0.2, 0.25) is 5.91 Å². The number of ether oxygens (including phenoxy) is 1. The fourth-order valence-electron chi connectivity index (χ4n) is 4.60. The van der Waals surface area contributed by atoms with E-state index in [1.807, 2.05) is 41.3 Å². The third-order valence-corrected chi connectivity index (χ3v) is 6.29. The van der Waals surface area contributed by atoms with Crippen molar-refractivity contribution in [1.82, 2.24) is 9.80 Å². The van der Waals surface area contributed by atoms with Crippen molar-refractivity contribution in [2.45, 2.75) is 37.8 Å². The van der Waals surface area contributed by atoms with Crippen molar-refractivity contribution in [3.63, 3.8) is 0 Å². The Morgan fingerprint density at radius 1 is 1.07 bits per heavy atom. The average molecular weight is 405 g/mol. The maximum Gasteiger partial charge on any atom is 0.253 e. The monoisotopic (exact) mass is 404 g/mol. The summed E-state index contributed by atoms with van der Waals surface area (Å²) in [7, 11) is 0. The van der Waals surface area contributed by atoms with Crippen LogP contribution < -0.4 is 4.74 Å². The van der Waals surface area contributed by atoms with Crippen molar-refractivity contribution in [3.05, 3.63) is 78.4 Å². The molecule has 2 aromatic carbocycles. The van der Waals surface area contributed by atoms with Crippen LogP contribution in [0.15, 0.2) is 67.3 Å². The van der Waals surface area contributed by atoms with E-state index in [0.29, 0.717) is 44.0 Å². The van der Waals surface area contributed by atoms with E-state index < -0.39 is 0 Å². The number of carbonyl (C=O) groups is 2. The summed E-state index contributed by atoms with van der Waals surface area (Å²) in [6.45, 7) is 6.04. The maximum atomic E-state index is 13.0. The molecule has 30 heavy (non-hydrogen) atoms. The number of likely N-dealkylation sites (tertiary alicyclic amines) is 2. The largest absolute Gasteiger partial charge is 0.490 e. The molecule has 156 valence electrons. The van der Waals surface area contributed by atoms with Gasteiger partial charge in [0.05, 0.1) is 0 Å². The summed E-state index contributed by atoms with van der Waals surface area (Å²) in [5, 5.41) is 0. The standard InChI is InChI=1S/C25H28N2O3/c1-2-17-30-22-10-6-9-21(18-22)24(29)26-15-13-25(14-16-26)12-11-23(28)27(25)19-20-7-4-3-5-8-20/h2-10,18H,1,11-17,19H2. The van der Waals surface area contributed by atoms with E-state index in [0.717, 1.165) is 24.8 Å². The number of benzene rings is 2. The van der Waals surface area contributed by atoms with Crippen LogP contribution in [0.2, 0.25) is 0 Å². The van der Waals surface area contributed by atoms with Crippen molar-refractivity contribution >= 4 is 11.8 Å².